The fraction of sp³-hybridized carbons (Fsp3) is 0.938. The first-order valence-corrected chi connectivity index (χ1v) is 8.52. The van der Waals surface area contributed by atoms with Gasteiger partial charge in [-0.2, -0.15) is 0 Å². The Kier molecular flexibility index (Phi) is 4.41. The SMILES string of the molecule is NC1CCC(CN2CCC3(CC2)CC(NC(=O)O)C3)CC1. The monoisotopic (exact) mass is 295 g/mol. The second-order valence-corrected chi connectivity index (χ2v) is 7.64. The van der Waals surface area contributed by atoms with Gasteiger partial charge >= 0.3 is 6.09 Å². The molecule has 0 aromatic heterocycles. The number of hydrogen-bond acceptors (Lipinski definition) is 3. The molecule has 21 heavy (non-hydrogen) atoms. The first kappa shape index (κ1) is 15.1. The van der Waals surface area contributed by atoms with E-state index in [0.717, 1.165) is 18.8 Å². The molecule has 1 aliphatic heterocycles. The molecule has 1 amide bonds. The number of nitrogens with one attached hydrogen (secondary N) is 1. The van der Waals surface area contributed by atoms with Crippen LogP contribution in [0.15, 0.2) is 0 Å². The lowest BCUT2D eigenvalue weighted by Gasteiger charge is -2.52. The minimum atomic E-state index is -0.872. The zero-order valence-electron chi connectivity index (χ0n) is 12.9. The summed E-state index contributed by atoms with van der Waals surface area (Å²) in [5, 5.41) is 11.4. The van der Waals surface area contributed by atoms with E-state index in [0.29, 0.717) is 11.5 Å². The molecule has 2 saturated carbocycles. The van der Waals surface area contributed by atoms with Gasteiger partial charge in [0.2, 0.25) is 0 Å². The first-order chi connectivity index (χ1) is 10.0. The van der Waals surface area contributed by atoms with E-state index in [-0.39, 0.29) is 6.04 Å². The predicted molar refractivity (Wildman–Crippen MR) is 82.2 cm³/mol. The van der Waals surface area contributed by atoms with Gasteiger partial charge in [0.15, 0.2) is 0 Å². The molecule has 3 fully saturated rings. The Morgan fingerprint density at radius 2 is 1.81 bits per heavy atom. The number of nitrogens with two attached hydrogens (primary N) is 1. The third-order valence-electron chi connectivity index (χ3n) is 6.01. The summed E-state index contributed by atoms with van der Waals surface area (Å²) in [6.07, 6.45) is 8.71. The molecule has 120 valence electrons. The van der Waals surface area contributed by atoms with Crippen molar-refractivity contribution in [3.8, 4) is 0 Å². The predicted octanol–water partition coefficient (Wildman–Crippen LogP) is 2.02. The van der Waals surface area contributed by atoms with Gasteiger partial charge in [0.25, 0.3) is 0 Å². The molecule has 5 nitrogen and oxygen atoms in total. The molecular weight excluding hydrogens is 266 g/mol. The molecule has 2 aliphatic carbocycles. The summed E-state index contributed by atoms with van der Waals surface area (Å²) in [5.41, 5.74) is 6.42. The van der Waals surface area contributed by atoms with Crippen LogP contribution in [0.3, 0.4) is 0 Å². The molecule has 5 heteroatoms. The number of hydrogen-bond donors (Lipinski definition) is 3. The molecule has 0 bridgehead atoms. The number of carboxylic acid groups (broad SMARTS) is 1. The summed E-state index contributed by atoms with van der Waals surface area (Å²) < 4.78 is 0. The molecule has 1 heterocycles. The number of nitrogens with zero attached hydrogens (tertiary/aromatic N) is 1. The van der Waals surface area contributed by atoms with Crippen molar-refractivity contribution in [2.45, 2.75) is 63.5 Å². The van der Waals surface area contributed by atoms with E-state index in [1.54, 1.807) is 0 Å². The second kappa shape index (κ2) is 6.13. The summed E-state index contributed by atoms with van der Waals surface area (Å²) >= 11 is 0. The van der Waals surface area contributed by atoms with E-state index in [9.17, 15) is 4.79 Å². The standard InChI is InChI=1S/C16H29N3O2/c17-13-3-1-12(2-4-13)11-19-7-5-16(6-8-19)9-14(10-16)18-15(20)21/h12-14,18H,1-11,17H2,(H,20,21). The van der Waals surface area contributed by atoms with Crippen LogP contribution >= 0.6 is 0 Å². The van der Waals surface area contributed by atoms with Gasteiger partial charge < -0.3 is 21.1 Å². The number of carbonyl (C=O) groups is 1. The highest BCUT2D eigenvalue weighted by atomic mass is 16.4. The van der Waals surface area contributed by atoms with Crippen LogP contribution in [0.25, 0.3) is 0 Å². The van der Waals surface area contributed by atoms with Crippen LogP contribution in [0.1, 0.15) is 51.4 Å². The van der Waals surface area contributed by atoms with Gasteiger partial charge in [-0.3, -0.25) is 0 Å². The molecule has 3 aliphatic rings. The molecule has 4 N–H and O–H groups in total. The van der Waals surface area contributed by atoms with E-state index in [2.05, 4.69) is 10.2 Å². The molecule has 0 atom stereocenters. The van der Waals surface area contributed by atoms with Gasteiger partial charge in [-0.15, -0.1) is 0 Å². The van der Waals surface area contributed by atoms with Gasteiger partial charge in [-0.05, 0) is 75.8 Å². The second-order valence-electron chi connectivity index (χ2n) is 7.64. The van der Waals surface area contributed by atoms with Crippen molar-refractivity contribution in [1.82, 2.24) is 10.2 Å². The van der Waals surface area contributed by atoms with Crippen LogP contribution < -0.4 is 11.1 Å². The van der Waals surface area contributed by atoms with Crippen molar-refractivity contribution in [1.29, 1.82) is 0 Å². The Bertz CT molecular complexity index is 364. The Morgan fingerprint density at radius 1 is 1.19 bits per heavy atom. The van der Waals surface area contributed by atoms with Gasteiger partial charge in [0.1, 0.15) is 0 Å². The highest BCUT2D eigenvalue weighted by molar-refractivity contribution is 5.65. The fourth-order valence-corrected chi connectivity index (χ4v) is 4.62. The average Bonchev–Trinajstić information content (AvgIpc) is 2.41. The van der Waals surface area contributed by atoms with Gasteiger partial charge in [0.05, 0.1) is 0 Å². The molecule has 0 unspecified atom stereocenters. The van der Waals surface area contributed by atoms with E-state index < -0.39 is 6.09 Å². The molecule has 0 aromatic rings. The number of piperidine rings is 1. The van der Waals surface area contributed by atoms with Crippen molar-refractivity contribution >= 4 is 6.09 Å². The first-order valence-electron chi connectivity index (χ1n) is 8.52. The van der Waals surface area contributed by atoms with Crippen LogP contribution in [0.5, 0.6) is 0 Å². The van der Waals surface area contributed by atoms with E-state index in [1.807, 2.05) is 0 Å². The lowest BCUT2D eigenvalue weighted by molar-refractivity contribution is 0.00166. The fourth-order valence-electron chi connectivity index (χ4n) is 4.62. The Morgan fingerprint density at radius 3 is 2.38 bits per heavy atom. The smallest absolute Gasteiger partial charge is 0.404 e. The van der Waals surface area contributed by atoms with E-state index in [4.69, 9.17) is 10.8 Å². The third kappa shape index (κ3) is 3.69. The molecule has 1 spiro atoms. The van der Waals surface area contributed by atoms with Crippen LogP contribution in [0.4, 0.5) is 4.79 Å². The van der Waals surface area contributed by atoms with Gasteiger partial charge in [-0.25, -0.2) is 4.79 Å². The Labute approximate surface area is 127 Å². The maximum absolute atomic E-state index is 10.6. The van der Waals surface area contributed by atoms with Crippen molar-refractivity contribution in [3.05, 3.63) is 0 Å². The lowest BCUT2D eigenvalue weighted by atomic mass is 9.60. The largest absolute Gasteiger partial charge is 0.465 e. The van der Waals surface area contributed by atoms with Crippen LogP contribution in [-0.4, -0.2) is 47.8 Å². The number of likely N-dealkylation sites (tertiary alicyclic amines) is 1. The number of rotatable bonds is 3. The maximum atomic E-state index is 10.6. The minimum absolute atomic E-state index is 0.203. The average molecular weight is 295 g/mol. The molecule has 0 aromatic carbocycles. The molecule has 3 rings (SSSR count). The van der Waals surface area contributed by atoms with Gasteiger partial charge in [0, 0.05) is 18.6 Å². The summed E-state index contributed by atoms with van der Waals surface area (Å²) in [5.74, 6) is 0.849. The topological polar surface area (TPSA) is 78.6 Å². The zero-order chi connectivity index (χ0) is 14.9. The highest BCUT2D eigenvalue weighted by Gasteiger charge is 2.46. The number of amides is 1. The summed E-state index contributed by atoms with van der Waals surface area (Å²) in [4.78, 5) is 13.3. The maximum Gasteiger partial charge on any atom is 0.404 e. The van der Waals surface area contributed by atoms with Crippen molar-refractivity contribution < 1.29 is 9.90 Å². The molecular formula is C16H29N3O2. The normalized spacial score (nSPS) is 33.6. The molecule has 1 saturated heterocycles. The Balaban J connectivity index is 1.37. The van der Waals surface area contributed by atoms with E-state index >= 15 is 0 Å². The zero-order valence-corrected chi connectivity index (χ0v) is 12.9. The summed E-state index contributed by atoms with van der Waals surface area (Å²) in [7, 11) is 0. The highest BCUT2D eigenvalue weighted by Crippen LogP contribution is 2.49. The van der Waals surface area contributed by atoms with Crippen molar-refractivity contribution in [2.75, 3.05) is 19.6 Å². The molecule has 0 radical (unpaired) electrons. The van der Waals surface area contributed by atoms with Crippen LogP contribution in [-0.2, 0) is 0 Å². The van der Waals surface area contributed by atoms with E-state index in [1.165, 1.54) is 58.2 Å². The van der Waals surface area contributed by atoms with Crippen molar-refractivity contribution in [3.63, 3.8) is 0 Å². The lowest BCUT2D eigenvalue weighted by Crippen LogP contribution is -2.55. The quantitative estimate of drug-likeness (QED) is 0.744. The summed E-state index contributed by atoms with van der Waals surface area (Å²) in [6.45, 7) is 3.64. The summed E-state index contributed by atoms with van der Waals surface area (Å²) in [6, 6.07) is 0.647. The van der Waals surface area contributed by atoms with Gasteiger partial charge in [-0.1, -0.05) is 0 Å². The van der Waals surface area contributed by atoms with Crippen molar-refractivity contribution in [2.24, 2.45) is 17.1 Å². The third-order valence-corrected chi connectivity index (χ3v) is 6.01. The Hall–Kier alpha value is -0.810. The van der Waals surface area contributed by atoms with Crippen LogP contribution in [0, 0.1) is 11.3 Å². The van der Waals surface area contributed by atoms with Crippen LogP contribution in [0.2, 0.25) is 0 Å². The minimum Gasteiger partial charge on any atom is -0.465 e.